The van der Waals surface area contributed by atoms with Gasteiger partial charge >= 0.3 is 0 Å². The summed E-state index contributed by atoms with van der Waals surface area (Å²) >= 11 is 0. The first-order valence-electron chi connectivity index (χ1n) is 6.84. The summed E-state index contributed by atoms with van der Waals surface area (Å²) in [4.78, 5) is 2.54. The number of nitrogens with zero attached hydrogens (tertiary/aromatic N) is 1. The Labute approximate surface area is 100 Å². The maximum atomic E-state index is 9.41. The van der Waals surface area contributed by atoms with Gasteiger partial charge in [0, 0.05) is 5.54 Å². The molecule has 3 nitrogen and oxygen atoms in total. The average molecular weight is 228 g/mol. The molecule has 0 saturated carbocycles. The lowest BCUT2D eigenvalue weighted by Gasteiger charge is -2.31. The molecule has 1 aliphatic heterocycles. The van der Waals surface area contributed by atoms with Crippen LogP contribution in [-0.2, 0) is 0 Å². The van der Waals surface area contributed by atoms with Gasteiger partial charge in [0.05, 0.1) is 6.61 Å². The molecule has 0 aliphatic carbocycles. The van der Waals surface area contributed by atoms with Crippen LogP contribution in [0.1, 0.15) is 46.0 Å². The van der Waals surface area contributed by atoms with Gasteiger partial charge in [0.15, 0.2) is 0 Å². The third-order valence-corrected chi connectivity index (χ3v) is 4.01. The average Bonchev–Trinajstić information content (AvgIpc) is 2.83. The van der Waals surface area contributed by atoms with Crippen molar-refractivity contribution in [3.63, 3.8) is 0 Å². The van der Waals surface area contributed by atoms with Gasteiger partial charge in [0.2, 0.25) is 0 Å². The standard InChI is InChI=1S/C13H28N2O/c1-3-13(4-2,12-16)14-8-7-11-15-9-5-6-10-15/h14,16H,3-12H2,1-2H3. The van der Waals surface area contributed by atoms with Crippen LogP contribution in [-0.4, -0.2) is 48.3 Å². The van der Waals surface area contributed by atoms with Crippen molar-refractivity contribution < 1.29 is 5.11 Å². The number of nitrogens with one attached hydrogen (secondary N) is 1. The van der Waals surface area contributed by atoms with Crippen molar-refractivity contribution in [2.45, 2.75) is 51.5 Å². The Kier molecular flexibility index (Phi) is 6.32. The summed E-state index contributed by atoms with van der Waals surface area (Å²) in [5, 5.41) is 12.9. The number of hydrogen-bond donors (Lipinski definition) is 2. The molecule has 1 heterocycles. The summed E-state index contributed by atoms with van der Waals surface area (Å²) in [6, 6.07) is 0. The Bertz CT molecular complexity index is 167. The highest BCUT2D eigenvalue weighted by Gasteiger charge is 2.23. The Morgan fingerprint density at radius 3 is 2.31 bits per heavy atom. The molecule has 1 rings (SSSR count). The second-order valence-electron chi connectivity index (χ2n) is 4.97. The number of aliphatic hydroxyl groups is 1. The van der Waals surface area contributed by atoms with E-state index < -0.39 is 0 Å². The lowest BCUT2D eigenvalue weighted by Crippen LogP contribution is -2.48. The van der Waals surface area contributed by atoms with Crippen LogP contribution < -0.4 is 5.32 Å². The van der Waals surface area contributed by atoms with Crippen molar-refractivity contribution in [3.8, 4) is 0 Å². The molecule has 0 spiro atoms. The van der Waals surface area contributed by atoms with Gasteiger partial charge in [0.25, 0.3) is 0 Å². The van der Waals surface area contributed by atoms with Gasteiger partial charge in [-0.05, 0) is 58.3 Å². The Balaban J connectivity index is 2.12. The highest BCUT2D eigenvalue weighted by Crippen LogP contribution is 2.14. The molecule has 0 bridgehead atoms. The van der Waals surface area contributed by atoms with E-state index in [1.54, 1.807) is 0 Å². The van der Waals surface area contributed by atoms with Crippen LogP contribution in [0, 0.1) is 0 Å². The van der Waals surface area contributed by atoms with Gasteiger partial charge in [-0.25, -0.2) is 0 Å². The summed E-state index contributed by atoms with van der Waals surface area (Å²) in [5.41, 5.74) is -0.0367. The fraction of sp³-hybridized carbons (Fsp3) is 1.00. The molecule has 1 saturated heterocycles. The Hall–Kier alpha value is -0.120. The SMILES string of the molecule is CCC(CC)(CO)NCCCN1CCCC1. The van der Waals surface area contributed by atoms with Crippen molar-refractivity contribution in [2.75, 3.05) is 32.8 Å². The predicted octanol–water partition coefficient (Wildman–Crippen LogP) is 1.61. The second kappa shape index (κ2) is 7.25. The van der Waals surface area contributed by atoms with Gasteiger partial charge in [0.1, 0.15) is 0 Å². The van der Waals surface area contributed by atoms with Gasteiger partial charge in [-0.2, -0.15) is 0 Å². The van der Waals surface area contributed by atoms with Crippen LogP contribution >= 0.6 is 0 Å². The minimum atomic E-state index is -0.0367. The summed E-state index contributed by atoms with van der Waals surface area (Å²) in [5.74, 6) is 0. The zero-order valence-corrected chi connectivity index (χ0v) is 11.0. The number of hydrogen-bond acceptors (Lipinski definition) is 3. The third-order valence-electron chi connectivity index (χ3n) is 4.01. The van der Waals surface area contributed by atoms with E-state index in [4.69, 9.17) is 0 Å². The Morgan fingerprint density at radius 2 is 1.81 bits per heavy atom. The van der Waals surface area contributed by atoms with Crippen LogP contribution in [0.2, 0.25) is 0 Å². The van der Waals surface area contributed by atoms with Crippen LogP contribution in [0.3, 0.4) is 0 Å². The van der Waals surface area contributed by atoms with E-state index in [2.05, 4.69) is 24.1 Å². The maximum absolute atomic E-state index is 9.41. The van der Waals surface area contributed by atoms with E-state index in [1.807, 2.05) is 0 Å². The monoisotopic (exact) mass is 228 g/mol. The highest BCUT2D eigenvalue weighted by atomic mass is 16.3. The maximum Gasteiger partial charge on any atom is 0.0613 e. The quantitative estimate of drug-likeness (QED) is 0.620. The van der Waals surface area contributed by atoms with E-state index in [0.29, 0.717) is 0 Å². The van der Waals surface area contributed by atoms with Crippen LogP contribution in [0.15, 0.2) is 0 Å². The smallest absolute Gasteiger partial charge is 0.0613 e. The minimum Gasteiger partial charge on any atom is -0.394 e. The molecular formula is C13H28N2O. The fourth-order valence-corrected chi connectivity index (χ4v) is 2.44. The van der Waals surface area contributed by atoms with Gasteiger partial charge in [-0.3, -0.25) is 0 Å². The molecule has 0 aromatic heterocycles. The Morgan fingerprint density at radius 1 is 1.19 bits per heavy atom. The molecular weight excluding hydrogens is 200 g/mol. The van der Waals surface area contributed by atoms with Crippen LogP contribution in [0.4, 0.5) is 0 Å². The topological polar surface area (TPSA) is 35.5 Å². The first-order chi connectivity index (χ1) is 7.76. The largest absolute Gasteiger partial charge is 0.394 e. The normalized spacial score (nSPS) is 18.2. The fourth-order valence-electron chi connectivity index (χ4n) is 2.44. The van der Waals surface area contributed by atoms with Crippen molar-refractivity contribution in [1.82, 2.24) is 10.2 Å². The zero-order valence-electron chi connectivity index (χ0n) is 11.0. The second-order valence-corrected chi connectivity index (χ2v) is 4.97. The van der Waals surface area contributed by atoms with Crippen molar-refractivity contribution in [3.05, 3.63) is 0 Å². The first kappa shape index (κ1) is 13.9. The lowest BCUT2D eigenvalue weighted by molar-refractivity contribution is 0.149. The summed E-state index contributed by atoms with van der Waals surface area (Å²) in [6.45, 7) is 9.35. The van der Waals surface area contributed by atoms with Crippen LogP contribution in [0.25, 0.3) is 0 Å². The number of aliphatic hydroxyl groups excluding tert-OH is 1. The molecule has 0 aromatic rings. The van der Waals surface area contributed by atoms with E-state index in [-0.39, 0.29) is 12.1 Å². The van der Waals surface area contributed by atoms with Crippen molar-refractivity contribution >= 4 is 0 Å². The first-order valence-corrected chi connectivity index (χ1v) is 6.84. The zero-order chi connectivity index (χ0) is 11.9. The number of likely N-dealkylation sites (tertiary alicyclic amines) is 1. The summed E-state index contributed by atoms with van der Waals surface area (Å²) < 4.78 is 0. The molecule has 1 aliphatic rings. The van der Waals surface area contributed by atoms with Crippen molar-refractivity contribution in [2.24, 2.45) is 0 Å². The van der Waals surface area contributed by atoms with E-state index in [1.165, 1.54) is 38.9 Å². The molecule has 1 fully saturated rings. The summed E-state index contributed by atoms with van der Waals surface area (Å²) in [7, 11) is 0. The molecule has 16 heavy (non-hydrogen) atoms. The lowest BCUT2D eigenvalue weighted by atomic mass is 9.94. The third kappa shape index (κ3) is 4.04. The van der Waals surface area contributed by atoms with Crippen molar-refractivity contribution in [1.29, 1.82) is 0 Å². The van der Waals surface area contributed by atoms with Gasteiger partial charge < -0.3 is 15.3 Å². The van der Waals surface area contributed by atoms with E-state index in [0.717, 1.165) is 19.4 Å². The van der Waals surface area contributed by atoms with Gasteiger partial charge in [-0.15, -0.1) is 0 Å². The van der Waals surface area contributed by atoms with E-state index >= 15 is 0 Å². The molecule has 0 unspecified atom stereocenters. The molecule has 0 radical (unpaired) electrons. The van der Waals surface area contributed by atoms with Crippen LogP contribution in [0.5, 0.6) is 0 Å². The van der Waals surface area contributed by atoms with E-state index in [9.17, 15) is 5.11 Å². The molecule has 96 valence electrons. The van der Waals surface area contributed by atoms with Gasteiger partial charge in [-0.1, -0.05) is 13.8 Å². The molecule has 0 amide bonds. The minimum absolute atomic E-state index is 0.0367. The number of rotatable bonds is 8. The highest BCUT2D eigenvalue weighted by molar-refractivity contribution is 4.84. The molecule has 0 aromatic carbocycles. The predicted molar refractivity (Wildman–Crippen MR) is 68.7 cm³/mol. The summed E-state index contributed by atoms with van der Waals surface area (Å²) in [6.07, 6.45) is 5.95. The molecule has 2 N–H and O–H groups in total. The molecule has 3 heteroatoms. The molecule has 0 atom stereocenters.